The third kappa shape index (κ3) is 2.48. The molecule has 0 saturated heterocycles. The molecule has 0 aromatic heterocycles. The van der Waals surface area contributed by atoms with E-state index in [1.54, 1.807) is 0 Å². The molecule has 13 heavy (non-hydrogen) atoms. The molecule has 0 amide bonds. The molecule has 3 atom stereocenters. The second-order valence-corrected chi connectivity index (χ2v) is 4.77. The van der Waals surface area contributed by atoms with Gasteiger partial charge < -0.3 is 0 Å². The number of hydrogen-bond acceptors (Lipinski definition) is 0. The van der Waals surface area contributed by atoms with Crippen LogP contribution in [0.4, 0.5) is 0 Å². The maximum absolute atomic E-state index is 2.43. The zero-order chi connectivity index (χ0) is 9.84. The van der Waals surface area contributed by atoms with Crippen molar-refractivity contribution in [2.75, 3.05) is 0 Å². The molecule has 3 unspecified atom stereocenters. The van der Waals surface area contributed by atoms with Crippen LogP contribution in [0.1, 0.15) is 59.8 Å². The van der Waals surface area contributed by atoms with E-state index < -0.39 is 0 Å². The Balaban J connectivity index is 2.52. The van der Waals surface area contributed by atoms with Gasteiger partial charge in [0.15, 0.2) is 0 Å². The molecule has 1 radical (unpaired) electrons. The first kappa shape index (κ1) is 11.1. The van der Waals surface area contributed by atoms with Crippen molar-refractivity contribution in [3.05, 3.63) is 5.92 Å². The third-order valence-electron chi connectivity index (χ3n) is 4.03. The number of hydrogen-bond donors (Lipinski definition) is 0. The second kappa shape index (κ2) is 5.02. The highest BCUT2D eigenvalue weighted by molar-refractivity contribution is 5.05. The van der Waals surface area contributed by atoms with E-state index in [9.17, 15) is 0 Å². The van der Waals surface area contributed by atoms with Crippen LogP contribution < -0.4 is 0 Å². The van der Waals surface area contributed by atoms with E-state index >= 15 is 0 Å². The second-order valence-electron chi connectivity index (χ2n) is 4.77. The molecule has 0 aromatic rings. The molecule has 77 valence electrons. The summed E-state index contributed by atoms with van der Waals surface area (Å²) in [4.78, 5) is 0. The topological polar surface area (TPSA) is 0 Å². The van der Waals surface area contributed by atoms with Gasteiger partial charge in [0, 0.05) is 0 Å². The van der Waals surface area contributed by atoms with Gasteiger partial charge in [-0.3, -0.25) is 0 Å². The van der Waals surface area contributed by atoms with Crippen molar-refractivity contribution in [3.8, 4) is 0 Å². The molecular weight excluding hydrogens is 156 g/mol. The lowest BCUT2D eigenvalue weighted by molar-refractivity contribution is 0.335. The molecule has 0 heteroatoms. The van der Waals surface area contributed by atoms with Crippen LogP contribution in [0.5, 0.6) is 0 Å². The molecule has 1 aliphatic carbocycles. The average molecular weight is 181 g/mol. The van der Waals surface area contributed by atoms with E-state index in [0.29, 0.717) is 0 Å². The van der Waals surface area contributed by atoms with Crippen LogP contribution in [0.25, 0.3) is 0 Å². The van der Waals surface area contributed by atoms with Gasteiger partial charge in [0.2, 0.25) is 0 Å². The summed E-state index contributed by atoms with van der Waals surface area (Å²) in [5.41, 5.74) is 0. The van der Waals surface area contributed by atoms with Crippen LogP contribution in [0.15, 0.2) is 0 Å². The molecule has 0 heterocycles. The van der Waals surface area contributed by atoms with Gasteiger partial charge >= 0.3 is 0 Å². The zero-order valence-electron chi connectivity index (χ0n) is 9.77. The average Bonchev–Trinajstić information content (AvgIpc) is 2.63. The SMILES string of the molecule is CCC(C)[C]1CCCC1C(C)CC. The molecule has 1 fully saturated rings. The van der Waals surface area contributed by atoms with E-state index in [1.807, 2.05) is 5.92 Å². The maximum Gasteiger partial charge on any atom is -0.0179 e. The molecule has 0 N–H and O–H groups in total. The summed E-state index contributed by atoms with van der Waals surface area (Å²) in [5, 5.41) is 0. The fraction of sp³-hybridized carbons (Fsp3) is 0.923. The summed E-state index contributed by atoms with van der Waals surface area (Å²) >= 11 is 0. The van der Waals surface area contributed by atoms with Crippen molar-refractivity contribution < 1.29 is 0 Å². The highest BCUT2D eigenvalue weighted by atomic mass is 14.4. The Morgan fingerprint density at radius 2 is 1.92 bits per heavy atom. The summed E-state index contributed by atoms with van der Waals surface area (Å²) < 4.78 is 0. The minimum atomic E-state index is 0.876. The summed E-state index contributed by atoms with van der Waals surface area (Å²) in [6.45, 7) is 9.50. The normalized spacial score (nSPS) is 29.1. The van der Waals surface area contributed by atoms with Crippen LogP contribution >= 0.6 is 0 Å². The lowest BCUT2D eigenvalue weighted by atomic mass is 9.77. The Bertz CT molecular complexity index is 123. The van der Waals surface area contributed by atoms with Crippen molar-refractivity contribution >= 4 is 0 Å². The Labute approximate surface area is 84.1 Å². The first-order valence-electron chi connectivity index (χ1n) is 6.06. The quantitative estimate of drug-likeness (QED) is 0.601. The highest BCUT2D eigenvalue weighted by Gasteiger charge is 2.33. The van der Waals surface area contributed by atoms with Crippen LogP contribution in [0.2, 0.25) is 0 Å². The molecule has 1 aliphatic rings. The Morgan fingerprint density at radius 1 is 1.23 bits per heavy atom. The van der Waals surface area contributed by atoms with Gasteiger partial charge in [-0.15, -0.1) is 0 Å². The van der Waals surface area contributed by atoms with Gasteiger partial charge in [-0.1, -0.05) is 47.0 Å². The van der Waals surface area contributed by atoms with Gasteiger partial charge in [0.25, 0.3) is 0 Å². The van der Waals surface area contributed by atoms with Crippen molar-refractivity contribution in [1.29, 1.82) is 0 Å². The van der Waals surface area contributed by atoms with Crippen molar-refractivity contribution in [2.45, 2.75) is 59.8 Å². The molecule has 0 spiro atoms. The van der Waals surface area contributed by atoms with Crippen LogP contribution in [-0.2, 0) is 0 Å². The monoisotopic (exact) mass is 181 g/mol. The summed E-state index contributed by atoms with van der Waals surface area (Å²) in [6, 6.07) is 0. The molecule has 0 aliphatic heterocycles. The fourth-order valence-electron chi connectivity index (χ4n) is 2.71. The van der Waals surface area contributed by atoms with Crippen LogP contribution in [0.3, 0.4) is 0 Å². The lowest BCUT2D eigenvalue weighted by Crippen LogP contribution is -2.19. The van der Waals surface area contributed by atoms with Gasteiger partial charge in [-0.05, 0) is 36.5 Å². The highest BCUT2D eigenvalue weighted by Crippen LogP contribution is 2.44. The summed E-state index contributed by atoms with van der Waals surface area (Å²) in [7, 11) is 0. The molecule has 1 saturated carbocycles. The van der Waals surface area contributed by atoms with E-state index in [1.165, 1.54) is 32.1 Å². The maximum atomic E-state index is 2.43. The minimum Gasteiger partial charge on any atom is -0.0651 e. The van der Waals surface area contributed by atoms with Crippen LogP contribution in [0, 0.1) is 23.7 Å². The molecule has 0 nitrogen and oxygen atoms in total. The zero-order valence-corrected chi connectivity index (χ0v) is 9.77. The standard InChI is InChI=1S/C13H25/c1-5-10(3)12-8-7-9-13(12)11(4)6-2/h10-12H,5-9H2,1-4H3. The Morgan fingerprint density at radius 3 is 2.46 bits per heavy atom. The summed E-state index contributed by atoms with van der Waals surface area (Å²) in [5.74, 6) is 4.64. The predicted molar refractivity (Wildman–Crippen MR) is 59.5 cm³/mol. The minimum absolute atomic E-state index is 0.876. The largest absolute Gasteiger partial charge is 0.0651 e. The summed E-state index contributed by atoms with van der Waals surface area (Å²) in [6.07, 6.45) is 7.03. The molecular formula is C13H25. The predicted octanol–water partition coefficient (Wildman–Crippen LogP) is 4.45. The van der Waals surface area contributed by atoms with E-state index in [4.69, 9.17) is 0 Å². The van der Waals surface area contributed by atoms with E-state index in [0.717, 1.165) is 17.8 Å². The van der Waals surface area contributed by atoms with Crippen molar-refractivity contribution in [1.82, 2.24) is 0 Å². The van der Waals surface area contributed by atoms with E-state index in [2.05, 4.69) is 27.7 Å². The van der Waals surface area contributed by atoms with Gasteiger partial charge in [-0.25, -0.2) is 0 Å². The smallest absolute Gasteiger partial charge is 0.0179 e. The van der Waals surface area contributed by atoms with Crippen molar-refractivity contribution in [2.24, 2.45) is 17.8 Å². The molecule has 0 aromatic carbocycles. The number of rotatable bonds is 4. The Kier molecular flexibility index (Phi) is 4.28. The van der Waals surface area contributed by atoms with Gasteiger partial charge in [0.1, 0.15) is 0 Å². The van der Waals surface area contributed by atoms with Crippen LogP contribution in [-0.4, -0.2) is 0 Å². The lowest BCUT2D eigenvalue weighted by Gasteiger charge is -2.28. The third-order valence-corrected chi connectivity index (χ3v) is 4.03. The molecule has 1 rings (SSSR count). The van der Waals surface area contributed by atoms with Crippen molar-refractivity contribution in [3.63, 3.8) is 0 Å². The van der Waals surface area contributed by atoms with Gasteiger partial charge in [-0.2, -0.15) is 0 Å². The molecule has 0 bridgehead atoms. The van der Waals surface area contributed by atoms with Gasteiger partial charge in [0.05, 0.1) is 0 Å². The Hall–Kier alpha value is 0. The fourth-order valence-corrected chi connectivity index (χ4v) is 2.71. The van der Waals surface area contributed by atoms with E-state index in [-0.39, 0.29) is 0 Å². The first-order valence-corrected chi connectivity index (χ1v) is 6.06. The first-order chi connectivity index (χ1) is 6.20.